The van der Waals surface area contributed by atoms with Gasteiger partial charge in [-0.1, -0.05) is 35.5 Å². The molecule has 0 unspecified atom stereocenters. The zero-order chi connectivity index (χ0) is 13.9. The van der Waals surface area contributed by atoms with Gasteiger partial charge in [0.25, 0.3) is 5.91 Å². The molecule has 1 atom stereocenters. The Morgan fingerprint density at radius 1 is 1.45 bits per heavy atom. The fraction of sp³-hybridized carbons (Fsp3) is 0.214. The van der Waals surface area contributed by atoms with Crippen molar-refractivity contribution in [3.8, 4) is 0 Å². The summed E-state index contributed by atoms with van der Waals surface area (Å²) in [5.74, 6) is -0.332. The van der Waals surface area contributed by atoms with Gasteiger partial charge < -0.3 is 9.40 Å². The summed E-state index contributed by atoms with van der Waals surface area (Å²) >= 11 is 1.41. The van der Waals surface area contributed by atoms with Crippen molar-refractivity contribution in [3.63, 3.8) is 0 Å². The van der Waals surface area contributed by atoms with Crippen LogP contribution in [0.15, 0.2) is 52.1 Å². The van der Waals surface area contributed by atoms with Gasteiger partial charge in [-0.25, -0.2) is 0 Å². The molecule has 0 saturated carbocycles. The van der Waals surface area contributed by atoms with E-state index >= 15 is 0 Å². The second kappa shape index (κ2) is 5.42. The molecule has 1 amide bonds. The number of hydrogen-bond donors (Lipinski definition) is 0. The number of carbonyl (C=O) groups excluding carboxylic acids is 1. The van der Waals surface area contributed by atoms with Crippen molar-refractivity contribution < 1.29 is 9.63 Å². The number of aromatic nitrogens is 1. The Balaban J connectivity index is 1.75. The molecule has 2 heterocycles. The molecule has 1 aromatic carbocycles. The van der Waals surface area contributed by atoms with Gasteiger partial charge in [-0.2, -0.15) is 4.99 Å². The number of amides is 1. The lowest BCUT2D eigenvalue weighted by Crippen LogP contribution is -2.17. The molecule has 0 N–H and O–H groups in total. The van der Waals surface area contributed by atoms with E-state index in [2.05, 4.69) is 10.1 Å². The Hall–Kier alpha value is -2.21. The molecule has 1 aliphatic rings. The molecule has 20 heavy (non-hydrogen) atoms. The van der Waals surface area contributed by atoms with E-state index in [0.29, 0.717) is 16.9 Å². The summed E-state index contributed by atoms with van der Waals surface area (Å²) in [6.07, 6.45) is 2.13. The van der Waals surface area contributed by atoms with E-state index in [9.17, 15) is 4.79 Å². The minimum Gasteiger partial charge on any atom is -0.387 e. The summed E-state index contributed by atoms with van der Waals surface area (Å²) in [6, 6.07) is 9.74. The van der Waals surface area contributed by atoms with Crippen molar-refractivity contribution in [1.82, 2.24) is 4.57 Å². The van der Waals surface area contributed by atoms with Crippen molar-refractivity contribution in [3.05, 3.63) is 52.3 Å². The van der Waals surface area contributed by atoms with E-state index < -0.39 is 0 Å². The Kier molecular flexibility index (Phi) is 3.47. The molecule has 0 aliphatic carbocycles. The highest BCUT2D eigenvalue weighted by molar-refractivity contribution is 7.07. The lowest BCUT2D eigenvalue weighted by atomic mass is 10.0. The van der Waals surface area contributed by atoms with E-state index in [0.717, 1.165) is 5.56 Å². The molecule has 6 heteroatoms. The predicted octanol–water partition coefficient (Wildman–Crippen LogP) is 2.03. The van der Waals surface area contributed by atoms with Gasteiger partial charge in [-0.05, 0) is 5.56 Å². The van der Waals surface area contributed by atoms with Gasteiger partial charge in [0.2, 0.25) is 0 Å². The predicted molar refractivity (Wildman–Crippen MR) is 76.2 cm³/mol. The largest absolute Gasteiger partial charge is 0.387 e. The maximum absolute atomic E-state index is 12.1. The zero-order valence-electron chi connectivity index (χ0n) is 10.9. The standard InChI is InChI=1S/C14H13N3O2S/c1-17-7-8-20-14(17)15-13(18)11-9-12(19-16-11)10-5-3-2-4-6-10/h2-8,12H,9H2,1H3/t12-/m0/s1. The third-order valence-corrected chi connectivity index (χ3v) is 3.89. The Morgan fingerprint density at radius 2 is 2.25 bits per heavy atom. The van der Waals surface area contributed by atoms with Crippen LogP contribution in [0.1, 0.15) is 18.1 Å². The number of carbonyl (C=O) groups is 1. The van der Waals surface area contributed by atoms with Crippen LogP contribution in [0.2, 0.25) is 0 Å². The maximum atomic E-state index is 12.1. The highest BCUT2D eigenvalue weighted by atomic mass is 32.1. The number of aryl methyl sites for hydroxylation is 1. The van der Waals surface area contributed by atoms with Crippen LogP contribution in [0.4, 0.5) is 0 Å². The normalized spacial score (nSPS) is 18.8. The molecule has 5 nitrogen and oxygen atoms in total. The molecule has 0 bridgehead atoms. The number of oxime groups is 1. The smallest absolute Gasteiger partial charge is 0.297 e. The average Bonchev–Trinajstić information content (AvgIpc) is 3.10. The molecule has 1 aliphatic heterocycles. The summed E-state index contributed by atoms with van der Waals surface area (Å²) in [6.45, 7) is 0. The number of nitrogens with zero attached hydrogens (tertiary/aromatic N) is 3. The van der Waals surface area contributed by atoms with Gasteiger partial charge >= 0.3 is 0 Å². The van der Waals surface area contributed by atoms with Gasteiger partial charge in [-0.3, -0.25) is 4.79 Å². The zero-order valence-corrected chi connectivity index (χ0v) is 11.7. The molecular weight excluding hydrogens is 274 g/mol. The number of thiazole rings is 1. The summed E-state index contributed by atoms with van der Waals surface area (Å²) in [5, 5.41) is 5.75. The van der Waals surface area contributed by atoms with Crippen molar-refractivity contribution in [2.24, 2.45) is 17.2 Å². The average molecular weight is 287 g/mol. The molecule has 1 aromatic heterocycles. The first-order valence-electron chi connectivity index (χ1n) is 6.21. The lowest BCUT2D eigenvalue weighted by molar-refractivity contribution is -0.112. The summed E-state index contributed by atoms with van der Waals surface area (Å²) in [7, 11) is 1.85. The third-order valence-electron chi connectivity index (χ3n) is 3.04. The molecular formula is C14H13N3O2S. The van der Waals surface area contributed by atoms with Crippen LogP contribution in [0.25, 0.3) is 0 Å². The first-order chi connectivity index (χ1) is 9.74. The summed E-state index contributed by atoms with van der Waals surface area (Å²) in [5.41, 5.74) is 1.38. The second-order valence-electron chi connectivity index (χ2n) is 4.46. The van der Waals surface area contributed by atoms with Gasteiger partial charge in [0, 0.05) is 25.0 Å². The molecule has 0 saturated heterocycles. The van der Waals surface area contributed by atoms with Gasteiger partial charge in [0.05, 0.1) is 0 Å². The van der Waals surface area contributed by atoms with Crippen LogP contribution >= 0.6 is 11.3 Å². The summed E-state index contributed by atoms with van der Waals surface area (Å²) in [4.78, 5) is 22.1. The highest BCUT2D eigenvalue weighted by Gasteiger charge is 2.27. The van der Waals surface area contributed by atoms with Crippen molar-refractivity contribution in [1.29, 1.82) is 0 Å². The monoisotopic (exact) mass is 287 g/mol. The minimum absolute atomic E-state index is 0.192. The van der Waals surface area contributed by atoms with Crippen molar-refractivity contribution >= 4 is 23.0 Å². The van der Waals surface area contributed by atoms with E-state index in [1.165, 1.54) is 11.3 Å². The topological polar surface area (TPSA) is 56.0 Å². The molecule has 3 rings (SSSR count). The first-order valence-corrected chi connectivity index (χ1v) is 7.09. The second-order valence-corrected chi connectivity index (χ2v) is 5.33. The third kappa shape index (κ3) is 2.55. The van der Waals surface area contributed by atoms with Crippen LogP contribution in [-0.4, -0.2) is 16.2 Å². The molecule has 0 radical (unpaired) electrons. The van der Waals surface area contributed by atoms with Crippen LogP contribution in [0.3, 0.4) is 0 Å². The lowest BCUT2D eigenvalue weighted by Gasteiger charge is -2.06. The van der Waals surface area contributed by atoms with Crippen LogP contribution < -0.4 is 4.80 Å². The fourth-order valence-electron chi connectivity index (χ4n) is 1.94. The number of rotatable bonds is 2. The minimum atomic E-state index is -0.332. The fourth-order valence-corrected chi connectivity index (χ4v) is 2.66. The SMILES string of the molecule is Cn1ccsc1=NC(=O)C1=NO[C@H](c2ccccc2)C1. The van der Waals surface area contributed by atoms with Crippen molar-refractivity contribution in [2.75, 3.05) is 0 Å². The summed E-state index contributed by atoms with van der Waals surface area (Å²) < 4.78 is 1.80. The first kappa shape index (κ1) is 12.8. The number of hydrogen-bond acceptors (Lipinski definition) is 4. The van der Waals surface area contributed by atoms with Crippen LogP contribution in [0.5, 0.6) is 0 Å². The van der Waals surface area contributed by atoms with Crippen LogP contribution in [0, 0.1) is 0 Å². The van der Waals surface area contributed by atoms with E-state index in [1.54, 1.807) is 4.57 Å². The molecule has 0 spiro atoms. The van der Waals surface area contributed by atoms with Gasteiger partial charge in [-0.15, -0.1) is 11.3 Å². The molecule has 0 fully saturated rings. The number of benzene rings is 1. The van der Waals surface area contributed by atoms with E-state index in [4.69, 9.17) is 4.84 Å². The Bertz CT molecular complexity index is 715. The molecule has 2 aromatic rings. The van der Waals surface area contributed by atoms with Gasteiger partial charge in [0.15, 0.2) is 16.6 Å². The molecule has 102 valence electrons. The van der Waals surface area contributed by atoms with Crippen molar-refractivity contribution in [2.45, 2.75) is 12.5 Å². The highest BCUT2D eigenvalue weighted by Crippen LogP contribution is 2.27. The van der Waals surface area contributed by atoms with Gasteiger partial charge in [0.1, 0.15) is 0 Å². The quantitative estimate of drug-likeness (QED) is 0.848. The van der Waals surface area contributed by atoms with Crippen LogP contribution in [-0.2, 0) is 16.7 Å². The van der Waals surface area contributed by atoms with E-state index in [1.807, 2.05) is 49.0 Å². The Morgan fingerprint density at radius 3 is 2.95 bits per heavy atom. The maximum Gasteiger partial charge on any atom is 0.297 e. The van der Waals surface area contributed by atoms with E-state index in [-0.39, 0.29) is 12.0 Å². The Labute approximate surface area is 119 Å².